The van der Waals surface area contributed by atoms with Crippen LogP contribution in [0.25, 0.3) is 0 Å². The van der Waals surface area contributed by atoms with Crippen LogP contribution >= 0.6 is 11.6 Å². The highest BCUT2D eigenvalue weighted by molar-refractivity contribution is 6.31. The summed E-state index contributed by atoms with van der Waals surface area (Å²) in [5, 5.41) is 51.8. The van der Waals surface area contributed by atoms with Gasteiger partial charge in [-0.15, -0.1) is 0 Å². The maximum atomic E-state index is 10.4. The third-order valence-corrected chi connectivity index (χ3v) is 8.84. The van der Waals surface area contributed by atoms with E-state index in [4.69, 9.17) is 26.2 Å². The van der Waals surface area contributed by atoms with Crippen molar-refractivity contribution < 1.29 is 39.8 Å². The number of fused-ring (bicyclic) bond motifs is 1. The molecule has 6 N–H and O–H groups in total. The SMILES string of the molecule is O=C(O)[C@@H]1CCCN1.OC[C@H]1O[C@@H](c2ccc(Cl)c(Cc3ccc(OC4C[C@@H]5C[C@@H]5C4)cc3)c2)[C@H](O)[C@@H](O)[C@@H]1O. The van der Waals surface area contributed by atoms with E-state index >= 15 is 0 Å². The second-order valence-electron chi connectivity index (χ2n) is 11.4. The summed E-state index contributed by atoms with van der Waals surface area (Å²) >= 11 is 6.43. The standard InChI is InChI=1S/C25H29ClO6.C5H9NO2/c26-20-6-3-14(25-24(30)23(29)22(28)21(12-27)32-25)8-17(20)7-13-1-4-18(5-2-13)31-19-10-15-9-16(15)11-19;7-5(8)4-2-1-3-6-4/h1-6,8,15-16,19,21-25,27-30H,7,9-12H2;4,6H,1-3H2,(H,7,8)/t15-,16+,19?,21-,22-,23+,24-,25+;4-/m10/s1. The number of aliphatic hydroxyl groups is 4. The molecule has 0 bridgehead atoms. The number of hydrogen-bond donors (Lipinski definition) is 6. The predicted octanol–water partition coefficient (Wildman–Crippen LogP) is 2.45. The zero-order valence-corrected chi connectivity index (χ0v) is 23.0. The van der Waals surface area contributed by atoms with Crippen LogP contribution in [0.5, 0.6) is 5.75 Å². The summed E-state index contributed by atoms with van der Waals surface area (Å²) in [4.78, 5) is 10.1. The Labute approximate surface area is 238 Å². The first-order chi connectivity index (χ1) is 19.2. The Morgan fingerprint density at radius 3 is 2.33 bits per heavy atom. The number of aliphatic hydroxyl groups excluding tert-OH is 4. The molecule has 9 nitrogen and oxygen atoms in total. The molecule has 0 spiro atoms. The monoisotopic (exact) mass is 575 g/mol. The highest BCUT2D eigenvalue weighted by Gasteiger charge is 2.47. The van der Waals surface area contributed by atoms with Crippen molar-refractivity contribution in [1.29, 1.82) is 0 Å². The molecule has 1 unspecified atom stereocenters. The number of carboxylic acids is 1. The van der Waals surface area contributed by atoms with Gasteiger partial charge >= 0.3 is 5.97 Å². The third-order valence-electron chi connectivity index (χ3n) is 8.47. The maximum absolute atomic E-state index is 10.4. The Hall–Kier alpha value is -2.24. The molecule has 40 heavy (non-hydrogen) atoms. The minimum absolute atomic E-state index is 0.269. The van der Waals surface area contributed by atoms with Gasteiger partial charge in [0.15, 0.2) is 0 Å². The van der Waals surface area contributed by atoms with Crippen LogP contribution in [0.4, 0.5) is 0 Å². The molecule has 10 heteroatoms. The average Bonchev–Trinajstić information content (AvgIpc) is 3.31. The molecule has 6 rings (SSSR count). The Kier molecular flexibility index (Phi) is 9.31. The van der Waals surface area contributed by atoms with E-state index in [1.54, 1.807) is 12.1 Å². The van der Waals surface area contributed by atoms with Crippen LogP contribution < -0.4 is 10.1 Å². The van der Waals surface area contributed by atoms with E-state index < -0.39 is 43.1 Å². The first-order valence-corrected chi connectivity index (χ1v) is 14.4. The molecule has 218 valence electrons. The molecule has 9 atom stereocenters. The summed E-state index contributed by atoms with van der Waals surface area (Å²) < 4.78 is 11.8. The smallest absolute Gasteiger partial charge is 0.320 e. The van der Waals surface area contributed by atoms with Gasteiger partial charge in [0.05, 0.1) is 12.7 Å². The summed E-state index contributed by atoms with van der Waals surface area (Å²) in [6.45, 7) is 0.398. The largest absolute Gasteiger partial charge is 0.490 e. The number of carboxylic acid groups (broad SMARTS) is 1. The van der Waals surface area contributed by atoms with Gasteiger partial charge in [-0.05, 0) is 91.8 Å². The number of carbonyl (C=O) groups is 1. The van der Waals surface area contributed by atoms with Crippen molar-refractivity contribution in [3.05, 3.63) is 64.2 Å². The molecule has 4 aliphatic rings. The molecule has 4 fully saturated rings. The van der Waals surface area contributed by atoms with E-state index in [1.165, 1.54) is 19.3 Å². The van der Waals surface area contributed by atoms with Crippen LogP contribution in [0, 0.1) is 11.8 Å². The van der Waals surface area contributed by atoms with Gasteiger partial charge in [-0.2, -0.15) is 0 Å². The van der Waals surface area contributed by atoms with Crippen molar-refractivity contribution in [2.75, 3.05) is 13.2 Å². The van der Waals surface area contributed by atoms with Crippen LogP contribution in [0.2, 0.25) is 5.02 Å². The van der Waals surface area contributed by atoms with Gasteiger partial charge in [0.1, 0.15) is 42.3 Å². The number of halogens is 1. The fourth-order valence-corrected chi connectivity index (χ4v) is 6.22. The fourth-order valence-electron chi connectivity index (χ4n) is 6.03. The number of aliphatic carboxylic acids is 1. The van der Waals surface area contributed by atoms with E-state index in [0.717, 1.165) is 48.1 Å². The number of nitrogens with one attached hydrogen (secondary N) is 1. The predicted molar refractivity (Wildman–Crippen MR) is 147 cm³/mol. The van der Waals surface area contributed by atoms with Crippen LogP contribution in [-0.2, 0) is 16.0 Å². The fraction of sp³-hybridized carbons (Fsp3) is 0.567. The maximum Gasteiger partial charge on any atom is 0.320 e. The number of benzene rings is 2. The summed E-state index contributed by atoms with van der Waals surface area (Å²) in [5.41, 5.74) is 2.55. The van der Waals surface area contributed by atoms with E-state index in [1.807, 2.05) is 30.3 Å². The molecular formula is C30H38ClNO8. The Bertz CT molecular complexity index is 1140. The van der Waals surface area contributed by atoms with Gasteiger partial charge in [-0.1, -0.05) is 35.9 Å². The third kappa shape index (κ3) is 6.79. The summed E-state index contributed by atoms with van der Waals surface area (Å²) in [7, 11) is 0. The van der Waals surface area contributed by atoms with Crippen molar-refractivity contribution in [1.82, 2.24) is 5.32 Å². The normalized spacial score (nSPS) is 34.5. The van der Waals surface area contributed by atoms with E-state index in [0.29, 0.717) is 23.1 Å². The van der Waals surface area contributed by atoms with Crippen molar-refractivity contribution >= 4 is 17.6 Å². The van der Waals surface area contributed by atoms with Crippen molar-refractivity contribution in [3.8, 4) is 5.75 Å². The molecule has 0 aromatic heterocycles. The van der Waals surface area contributed by atoms with Crippen molar-refractivity contribution in [2.24, 2.45) is 11.8 Å². The number of hydrogen-bond acceptors (Lipinski definition) is 8. The van der Waals surface area contributed by atoms with Crippen LogP contribution in [-0.4, -0.2) is 81.2 Å². The molecule has 2 aromatic carbocycles. The second-order valence-corrected chi connectivity index (χ2v) is 11.8. The van der Waals surface area contributed by atoms with Crippen LogP contribution in [0.1, 0.15) is 54.9 Å². The first-order valence-electron chi connectivity index (χ1n) is 14.0. The molecule has 2 saturated heterocycles. The van der Waals surface area contributed by atoms with Crippen molar-refractivity contribution in [3.63, 3.8) is 0 Å². The number of ether oxygens (including phenoxy) is 2. The van der Waals surface area contributed by atoms with Gasteiger partial charge in [0.2, 0.25) is 0 Å². The molecule has 2 aliphatic carbocycles. The summed E-state index contributed by atoms with van der Waals surface area (Å²) in [6, 6.07) is 13.1. The molecule has 2 heterocycles. The topological polar surface area (TPSA) is 149 Å². The zero-order valence-electron chi connectivity index (χ0n) is 22.2. The molecule has 2 aliphatic heterocycles. The van der Waals surface area contributed by atoms with Crippen LogP contribution in [0.3, 0.4) is 0 Å². The molecule has 0 radical (unpaired) electrons. The van der Waals surface area contributed by atoms with Gasteiger partial charge in [-0.25, -0.2) is 0 Å². The van der Waals surface area contributed by atoms with E-state index in [9.17, 15) is 25.2 Å². The first kappa shape index (κ1) is 29.3. The molecular weight excluding hydrogens is 538 g/mol. The summed E-state index contributed by atoms with van der Waals surface area (Å²) in [6.07, 6.45) is 0.489. The lowest BCUT2D eigenvalue weighted by Gasteiger charge is -2.40. The Morgan fingerprint density at radius 2 is 1.73 bits per heavy atom. The molecule has 2 aromatic rings. The average molecular weight is 576 g/mol. The Morgan fingerprint density at radius 1 is 1.00 bits per heavy atom. The lowest BCUT2D eigenvalue weighted by Crippen LogP contribution is -2.55. The molecule has 0 amide bonds. The second kappa shape index (κ2) is 12.7. The van der Waals surface area contributed by atoms with E-state index in [2.05, 4.69) is 5.32 Å². The summed E-state index contributed by atoms with van der Waals surface area (Å²) in [5.74, 6) is 1.94. The quantitative estimate of drug-likeness (QED) is 0.293. The minimum atomic E-state index is -1.41. The zero-order chi connectivity index (χ0) is 28.4. The van der Waals surface area contributed by atoms with Crippen molar-refractivity contribution in [2.45, 2.75) is 81.2 Å². The molecule has 2 saturated carbocycles. The van der Waals surface area contributed by atoms with Gasteiger partial charge in [-0.3, -0.25) is 4.79 Å². The minimum Gasteiger partial charge on any atom is -0.490 e. The van der Waals surface area contributed by atoms with Crippen LogP contribution in [0.15, 0.2) is 42.5 Å². The Balaban J connectivity index is 0.000000348. The highest BCUT2D eigenvalue weighted by atomic mass is 35.5. The van der Waals surface area contributed by atoms with Gasteiger partial charge in [0.25, 0.3) is 0 Å². The highest BCUT2D eigenvalue weighted by Crippen LogP contribution is 2.52. The number of rotatable bonds is 7. The van der Waals surface area contributed by atoms with Gasteiger partial charge < -0.3 is 40.3 Å². The van der Waals surface area contributed by atoms with E-state index in [-0.39, 0.29) is 6.04 Å². The lowest BCUT2D eigenvalue weighted by molar-refractivity contribution is -0.231. The van der Waals surface area contributed by atoms with Gasteiger partial charge in [0, 0.05) is 5.02 Å². The lowest BCUT2D eigenvalue weighted by atomic mass is 9.90.